The van der Waals surface area contributed by atoms with Crippen LogP contribution in [0.2, 0.25) is 0 Å². The van der Waals surface area contributed by atoms with E-state index in [4.69, 9.17) is 4.74 Å². The van der Waals surface area contributed by atoms with Crippen LogP contribution < -0.4 is 0 Å². The van der Waals surface area contributed by atoms with Crippen LogP contribution in [0.5, 0.6) is 0 Å². The molecule has 0 bridgehead atoms. The Morgan fingerprint density at radius 2 is 1.94 bits per heavy atom. The van der Waals surface area contributed by atoms with E-state index in [9.17, 15) is 4.79 Å². The molecule has 0 radical (unpaired) electrons. The summed E-state index contributed by atoms with van der Waals surface area (Å²) in [5.74, 6) is 1.68. The van der Waals surface area contributed by atoms with Crippen LogP contribution in [-0.2, 0) is 9.53 Å². The van der Waals surface area contributed by atoms with Gasteiger partial charge < -0.3 is 4.74 Å². The van der Waals surface area contributed by atoms with Gasteiger partial charge in [0.2, 0.25) is 0 Å². The fourth-order valence-corrected chi connectivity index (χ4v) is 5.27. The highest BCUT2D eigenvalue weighted by atomic mass is 16.6. The fraction of sp³-hybridized carbons (Fsp3) is 0.800. The number of carbonyl (C=O) groups is 1. The van der Waals surface area contributed by atoms with Crippen LogP contribution in [0.4, 0.5) is 0 Å². The molecule has 0 amide bonds. The monoisotopic (exact) mass is 234 g/mol. The summed E-state index contributed by atoms with van der Waals surface area (Å²) in [5, 5.41) is 0. The number of allylic oxidation sites excluding steroid dienone is 1. The first-order chi connectivity index (χ1) is 7.91. The molecule has 94 valence electrons. The molecular weight excluding hydrogens is 212 g/mol. The summed E-state index contributed by atoms with van der Waals surface area (Å²) in [7, 11) is 0. The minimum absolute atomic E-state index is 0.0312. The lowest BCUT2D eigenvalue weighted by atomic mass is 9.72. The molecular formula is C15H22O2. The van der Waals surface area contributed by atoms with Crippen molar-refractivity contribution in [1.82, 2.24) is 0 Å². The summed E-state index contributed by atoms with van der Waals surface area (Å²) in [4.78, 5) is 10.6. The lowest BCUT2D eigenvalue weighted by Gasteiger charge is -2.35. The Morgan fingerprint density at radius 1 is 1.24 bits per heavy atom. The van der Waals surface area contributed by atoms with Gasteiger partial charge in [-0.25, -0.2) is 0 Å². The van der Waals surface area contributed by atoms with Crippen LogP contribution in [0, 0.1) is 23.2 Å². The number of ether oxygens (including phenoxy) is 1. The average Bonchev–Trinajstić information content (AvgIpc) is 2.65. The van der Waals surface area contributed by atoms with Gasteiger partial charge in [-0.15, -0.1) is 0 Å². The summed E-state index contributed by atoms with van der Waals surface area (Å²) in [5.41, 5.74) is 0.322. The molecule has 1 heterocycles. The maximum Gasteiger partial charge on any atom is 0.142 e. The minimum Gasteiger partial charge on any atom is -0.362 e. The van der Waals surface area contributed by atoms with Gasteiger partial charge in [-0.05, 0) is 43.1 Å². The third-order valence-corrected chi connectivity index (χ3v) is 5.93. The Bertz CT molecular complexity index is 398. The lowest BCUT2D eigenvalue weighted by Crippen LogP contribution is -2.32. The van der Waals surface area contributed by atoms with Gasteiger partial charge in [0.15, 0.2) is 0 Å². The first kappa shape index (κ1) is 11.5. The second-order valence-corrected chi connectivity index (χ2v) is 6.85. The maximum absolute atomic E-state index is 10.6. The SMILES string of the molecule is CC1CCC2C(C)(C)C(C=CC=O)C3(C)OC123. The topological polar surface area (TPSA) is 29.6 Å². The third-order valence-electron chi connectivity index (χ3n) is 5.93. The molecule has 5 unspecified atom stereocenters. The number of carbonyl (C=O) groups excluding carboxylic acids is 1. The van der Waals surface area contributed by atoms with Gasteiger partial charge in [0.05, 0.1) is 0 Å². The highest BCUT2D eigenvalue weighted by molar-refractivity contribution is 5.65. The molecule has 3 aliphatic rings. The molecule has 3 fully saturated rings. The first-order valence-electron chi connectivity index (χ1n) is 6.73. The predicted octanol–water partition coefficient (Wildman–Crippen LogP) is 2.97. The van der Waals surface area contributed by atoms with Gasteiger partial charge in [-0.2, -0.15) is 0 Å². The zero-order valence-electron chi connectivity index (χ0n) is 11.2. The minimum atomic E-state index is -0.0312. The van der Waals surface area contributed by atoms with Crippen LogP contribution >= 0.6 is 0 Å². The number of hydrogen-bond donors (Lipinski definition) is 0. The van der Waals surface area contributed by atoms with Gasteiger partial charge in [0.1, 0.15) is 17.5 Å². The van der Waals surface area contributed by atoms with E-state index in [-0.39, 0.29) is 16.6 Å². The van der Waals surface area contributed by atoms with Gasteiger partial charge in [0.25, 0.3) is 0 Å². The van der Waals surface area contributed by atoms with Gasteiger partial charge in [-0.3, -0.25) is 4.79 Å². The summed E-state index contributed by atoms with van der Waals surface area (Å²) in [6.45, 7) is 9.26. The second-order valence-electron chi connectivity index (χ2n) is 6.85. The second kappa shape index (κ2) is 3.03. The molecule has 1 saturated heterocycles. The van der Waals surface area contributed by atoms with Crippen molar-refractivity contribution in [3.63, 3.8) is 0 Å². The Kier molecular flexibility index (Phi) is 2.04. The van der Waals surface area contributed by atoms with Gasteiger partial charge >= 0.3 is 0 Å². The van der Waals surface area contributed by atoms with Crippen molar-refractivity contribution in [2.75, 3.05) is 0 Å². The summed E-state index contributed by atoms with van der Waals surface area (Å²) in [6.07, 6.45) is 7.17. The molecule has 1 aliphatic heterocycles. The third kappa shape index (κ3) is 1.04. The fourth-order valence-electron chi connectivity index (χ4n) is 5.27. The maximum atomic E-state index is 10.6. The van der Waals surface area contributed by atoms with Crippen molar-refractivity contribution >= 4 is 6.29 Å². The molecule has 2 heteroatoms. The smallest absolute Gasteiger partial charge is 0.142 e. The first-order valence-corrected chi connectivity index (χ1v) is 6.73. The quantitative estimate of drug-likeness (QED) is 0.417. The zero-order chi connectivity index (χ0) is 12.5. The standard InChI is InChI=1S/C15H22O2/c1-10-7-8-12-13(2,3)11(6-5-9-16)14(4)15(10,12)17-14/h5-6,9-12H,7-8H2,1-4H3. The molecule has 0 aromatic rings. The van der Waals surface area contributed by atoms with Crippen LogP contribution in [0.15, 0.2) is 12.2 Å². The van der Waals surface area contributed by atoms with Crippen LogP contribution in [0.3, 0.4) is 0 Å². The van der Waals surface area contributed by atoms with E-state index in [0.29, 0.717) is 17.8 Å². The van der Waals surface area contributed by atoms with Crippen molar-refractivity contribution in [3.8, 4) is 0 Å². The molecule has 1 spiro atoms. The largest absolute Gasteiger partial charge is 0.362 e. The predicted molar refractivity (Wildman–Crippen MR) is 66.6 cm³/mol. The van der Waals surface area contributed by atoms with E-state index in [1.165, 1.54) is 12.8 Å². The normalized spacial score (nSPS) is 54.7. The number of hydrogen-bond acceptors (Lipinski definition) is 2. The van der Waals surface area contributed by atoms with Crippen molar-refractivity contribution in [2.24, 2.45) is 23.2 Å². The van der Waals surface area contributed by atoms with E-state index in [2.05, 4.69) is 33.8 Å². The Balaban J connectivity index is 2.04. The lowest BCUT2D eigenvalue weighted by molar-refractivity contribution is -0.104. The molecule has 3 rings (SSSR count). The number of rotatable bonds is 2. The van der Waals surface area contributed by atoms with E-state index >= 15 is 0 Å². The molecule has 0 aromatic carbocycles. The van der Waals surface area contributed by atoms with Crippen LogP contribution in [0.1, 0.15) is 40.5 Å². The highest BCUT2D eigenvalue weighted by Crippen LogP contribution is 2.78. The number of aldehydes is 1. The van der Waals surface area contributed by atoms with Crippen molar-refractivity contribution in [2.45, 2.75) is 51.7 Å². The van der Waals surface area contributed by atoms with Gasteiger partial charge in [0, 0.05) is 5.92 Å². The zero-order valence-corrected chi connectivity index (χ0v) is 11.2. The molecule has 2 aliphatic carbocycles. The Labute approximate surface area is 103 Å². The van der Waals surface area contributed by atoms with E-state index in [1.54, 1.807) is 6.08 Å². The molecule has 0 N–H and O–H groups in total. The highest BCUT2D eigenvalue weighted by Gasteiger charge is 2.85. The molecule has 17 heavy (non-hydrogen) atoms. The van der Waals surface area contributed by atoms with Crippen LogP contribution in [-0.4, -0.2) is 17.5 Å². The molecule has 2 saturated carbocycles. The van der Waals surface area contributed by atoms with Crippen molar-refractivity contribution < 1.29 is 9.53 Å². The van der Waals surface area contributed by atoms with E-state index < -0.39 is 0 Å². The van der Waals surface area contributed by atoms with Crippen molar-refractivity contribution in [1.29, 1.82) is 0 Å². The summed E-state index contributed by atoms with van der Waals surface area (Å²) < 4.78 is 6.24. The van der Waals surface area contributed by atoms with E-state index in [1.807, 2.05) is 0 Å². The number of epoxide rings is 1. The van der Waals surface area contributed by atoms with E-state index in [0.717, 1.165) is 6.29 Å². The Morgan fingerprint density at radius 3 is 2.53 bits per heavy atom. The van der Waals surface area contributed by atoms with Crippen molar-refractivity contribution in [3.05, 3.63) is 12.2 Å². The van der Waals surface area contributed by atoms with Gasteiger partial charge in [-0.1, -0.05) is 26.8 Å². The molecule has 0 aromatic heterocycles. The Hall–Kier alpha value is -0.630. The summed E-state index contributed by atoms with van der Waals surface area (Å²) >= 11 is 0. The van der Waals surface area contributed by atoms with Crippen LogP contribution in [0.25, 0.3) is 0 Å². The summed E-state index contributed by atoms with van der Waals surface area (Å²) in [6, 6.07) is 0. The average molecular weight is 234 g/mol. The molecule has 2 nitrogen and oxygen atoms in total. The molecule has 5 atom stereocenters.